The third kappa shape index (κ3) is 4.19. The van der Waals surface area contributed by atoms with Gasteiger partial charge in [-0.15, -0.1) is 0 Å². The molecule has 2 saturated heterocycles. The van der Waals surface area contributed by atoms with Crippen LogP contribution in [-0.4, -0.2) is 32.0 Å². The summed E-state index contributed by atoms with van der Waals surface area (Å²) in [6, 6.07) is 19.2. The van der Waals surface area contributed by atoms with Crippen LogP contribution in [0.3, 0.4) is 0 Å². The van der Waals surface area contributed by atoms with E-state index < -0.39 is 0 Å². The highest BCUT2D eigenvalue weighted by atomic mass is 15.1. The maximum absolute atomic E-state index is 4.63. The molecule has 2 aliphatic rings. The molecule has 2 aromatic carbocycles. The van der Waals surface area contributed by atoms with Gasteiger partial charge in [-0.1, -0.05) is 48.5 Å². The molecule has 0 amide bonds. The second-order valence-corrected chi connectivity index (χ2v) is 9.91. The second-order valence-electron chi connectivity index (χ2n) is 9.91. The van der Waals surface area contributed by atoms with Gasteiger partial charge in [0.25, 0.3) is 0 Å². The molecule has 0 radical (unpaired) electrons. The minimum atomic E-state index is 0.338. The summed E-state index contributed by atoms with van der Waals surface area (Å²) in [7, 11) is 0. The summed E-state index contributed by atoms with van der Waals surface area (Å²) in [5.41, 5.74) is 6.86. The molecule has 0 saturated carbocycles. The topological polar surface area (TPSA) is 81.4 Å². The van der Waals surface area contributed by atoms with Crippen LogP contribution >= 0.6 is 0 Å². The minimum Gasteiger partial charge on any atom is -0.341 e. The first-order chi connectivity index (χ1) is 16.6. The predicted molar refractivity (Wildman–Crippen MR) is 136 cm³/mol. The van der Waals surface area contributed by atoms with E-state index in [0.29, 0.717) is 24.2 Å². The Balaban J connectivity index is 1.15. The van der Waals surface area contributed by atoms with Crippen molar-refractivity contribution >= 4 is 0 Å². The summed E-state index contributed by atoms with van der Waals surface area (Å²) >= 11 is 0. The van der Waals surface area contributed by atoms with Crippen LogP contribution in [-0.2, 0) is 0 Å². The average Bonchev–Trinajstić information content (AvgIpc) is 3.66. The van der Waals surface area contributed by atoms with Gasteiger partial charge in [0.2, 0.25) is 0 Å². The number of imidazole rings is 2. The summed E-state index contributed by atoms with van der Waals surface area (Å²) in [4.78, 5) is 16.3. The van der Waals surface area contributed by atoms with Crippen molar-refractivity contribution in [1.29, 1.82) is 0 Å². The third-order valence-corrected chi connectivity index (χ3v) is 7.32. The molecule has 6 heteroatoms. The van der Waals surface area contributed by atoms with Gasteiger partial charge in [-0.3, -0.25) is 0 Å². The maximum Gasteiger partial charge on any atom is 0.123 e. The van der Waals surface area contributed by atoms with Gasteiger partial charge < -0.3 is 20.6 Å². The number of nitrogens with zero attached hydrogens (tertiary/aromatic N) is 2. The summed E-state index contributed by atoms with van der Waals surface area (Å²) in [6.07, 6.45) is 8.58. The molecule has 2 aliphatic heterocycles. The fraction of sp³-hybridized carbons (Fsp3) is 0.357. The summed E-state index contributed by atoms with van der Waals surface area (Å²) in [5, 5.41) is 7.19. The van der Waals surface area contributed by atoms with Crippen LogP contribution in [0.25, 0.3) is 33.6 Å². The zero-order chi connectivity index (χ0) is 23.1. The van der Waals surface area contributed by atoms with Crippen LogP contribution < -0.4 is 10.6 Å². The van der Waals surface area contributed by atoms with Crippen LogP contribution in [0.4, 0.5) is 0 Å². The van der Waals surface area contributed by atoms with Gasteiger partial charge in [0.15, 0.2) is 0 Å². The lowest BCUT2D eigenvalue weighted by Crippen LogP contribution is -2.21. The molecule has 0 aliphatic carbocycles. The van der Waals surface area contributed by atoms with Crippen molar-refractivity contribution in [3.05, 3.63) is 72.6 Å². The molecule has 2 fully saturated rings. The van der Waals surface area contributed by atoms with E-state index in [1.807, 2.05) is 12.4 Å². The highest BCUT2D eigenvalue weighted by molar-refractivity contribution is 5.71. The van der Waals surface area contributed by atoms with Gasteiger partial charge in [-0.2, -0.15) is 0 Å². The Labute approximate surface area is 200 Å². The van der Waals surface area contributed by atoms with Crippen molar-refractivity contribution < 1.29 is 0 Å². The van der Waals surface area contributed by atoms with Crippen LogP contribution in [0.2, 0.25) is 0 Å². The molecule has 4 heterocycles. The summed E-state index contributed by atoms with van der Waals surface area (Å²) in [6.45, 7) is 4.46. The molecule has 4 aromatic rings. The first-order valence-electron chi connectivity index (χ1n) is 12.5. The maximum atomic E-state index is 4.63. The van der Waals surface area contributed by atoms with E-state index in [-0.39, 0.29) is 0 Å². The monoisotopic (exact) mass is 452 g/mol. The molecule has 4 atom stereocenters. The number of aromatic nitrogens is 4. The smallest absolute Gasteiger partial charge is 0.123 e. The highest BCUT2D eigenvalue weighted by Gasteiger charge is 2.25. The minimum absolute atomic E-state index is 0.338. The molecule has 6 nitrogen and oxygen atoms in total. The molecule has 34 heavy (non-hydrogen) atoms. The fourth-order valence-electron chi connectivity index (χ4n) is 5.29. The standard InChI is InChI=1S/C28H32N6/c1-17-3-13-23(31-17)27-29-15-25(33-27)21-9-5-19(6-10-21)20-7-11-22(12-8-20)26-16-30-28(34-26)24-14-4-18(2)32-24/h5-12,15-18,23-24,31-32H,3-4,13-14H2,1-2H3,(H,29,33)(H,30,34)/t17-,18-,23+,24+/m1/s1. The summed E-state index contributed by atoms with van der Waals surface area (Å²) in [5.74, 6) is 2.08. The normalized spacial score (nSPS) is 24.6. The Morgan fingerprint density at radius 2 is 0.941 bits per heavy atom. The SMILES string of the molecule is C[C@@H]1CC[C@@H](c2ncc(-c3ccc(-c4ccc(-c5cnc([C@@H]6CC[C@@H](C)N6)[nH]5)cc4)cc3)[nH]2)N1. The van der Waals surface area contributed by atoms with E-state index in [2.05, 4.69) is 92.9 Å². The Kier molecular flexibility index (Phi) is 5.55. The van der Waals surface area contributed by atoms with Crippen LogP contribution in [0.15, 0.2) is 60.9 Å². The molecule has 0 bridgehead atoms. The molecule has 2 aromatic heterocycles. The molecule has 0 unspecified atom stereocenters. The van der Waals surface area contributed by atoms with Crippen molar-refractivity contribution in [2.24, 2.45) is 0 Å². The zero-order valence-electron chi connectivity index (χ0n) is 19.8. The summed E-state index contributed by atoms with van der Waals surface area (Å²) < 4.78 is 0. The van der Waals surface area contributed by atoms with E-state index in [9.17, 15) is 0 Å². The first kappa shape index (κ1) is 21.3. The van der Waals surface area contributed by atoms with Gasteiger partial charge in [-0.25, -0.2) is 9.97 Å². The number of hydrogen-bond donors (Lipinski definition) is 4. The average molecular weight is 453 g/mol. The number of nitrogens with one attached hydrogen (secondary N) is 4. The zero-order valence-corrected chi connectivity index (χ0v) is 19.8. The molecular weight excluding hydrogens is 420 g/mol. The van der Waals surface area contributed by atoms with E-state index >= 15 is 0 Å². The van der Waals surface area contributed by atoms with Crippen molar-refractivity contribution in [3.63, 3.8) is 0 Å². The van der Waals surface area contributed by atoms with Crippen LogP contribution in [0.1, 0.15) is 63.3 Å². The third-order valence-electron chi connectivity index (χ3n) is 7.32. The van der Waals surface area contributed by atoms with E-state index in [1.165, 1.54) is 24.0 Å². The van der Waals surface area contributed by atoms with Gasteiger partial charge >= 0.3 is 0 Å². The van der Waals surface area contributed by atoms with Gasteiger partial charge in [0.1, 0.15) is 11.6 Å². The lowest BCUT2D eigenvalue weighted by atomic mass is 10.0. The van der Waals surface area contributed by atoms with Crippen LogP contribution in [0.5, 0.6) is 0 Å². The highest BCUT2D eigenvalue weighted by Crippen LogP contribution is 2.30. The Hall–Kier alpha value is -3.22. The lowest BCUT2D eigenvalue weighted by Gasteiger charge is -2.08. The van der Waals surface area contributed by atoms with Gasteiger partial charge in [-0.05, 0) is 61.8 Å². The Morgan fingerprint density at radius 3 is 1.29 bits per heavy atom. The van der Waals surface area contributed by atoms with Crippen molar-refractivity contribution in [1.82, 2.24) is 30.6 Å². The van der Waals surface area contributed by atoms with Crippen LogP contribution in [0, 0.1) is 0 Å². The largest absolute Gasteiger partial charge is 0.341 e. The van der Waals surface area contributed by atoms with E-state index in [0.717, 1.165) is 47.0 Å². The Bertz CT molecular complexity index is 1150. The number of H-pyrrole nitrogens is 2. The number of aromatic amines is 2. The molecule has 6 rings (SSSR count). The molecule has 0 spiro atoms. The molecule has 4 N–H and O–H groups in total. The van der Waals surface area contributed by atoms with E-state index in [1.54, 1.807) is 0 Å². The van der Waals surface area contributed by atoms with Crippen molar-refractivity contribution in [2.75, 3.05) is 0 Å². The number of benzene rings is 2. The fourth-order valence-corrected chi connectivity index (χ4v) is 5.29. The lowest BCUT2D eigenvalue weighted by molar-refractivity contribution is 0.564. The number of rotatable bonds is 5. The predicted octanol–water partition coefficient (Wildman–Crippen LogP) is 5.76. The van der Waals surface area contributed by atoms with E-state index in [4.69, 9.17) is 0 Å². The first-order valence-corrected chi connectivity index (χ1v) is 12.5. The molecular formula is C28H32N6. The van der Waals surface area contributed by atoms with Gasteiger partial charge in [0.05, 0.1) is 35.9 Å². The number of hydrogen-bond acceptors (Lipinski definition) is 4. The van der Waals surface area contributed by atoms with Crippen molar-refractivity contribution in [3.8, 4) is 33.6 Å². The quantitative estimate of drug-likeness (QED) is 0.310. The molecule has 174 valence electrons. The van der Waals surface area contributed by atoms with Crippen molar-refractivity contribution in [2.45, 2.75) is 63.7 Å². The Morgan fingerprint density at radius 1 is 0.559 bits per heavy atom. The van der Waals surface area contributed by atoms with Gasteiger partial charge in [0, 0.05) is 12.1 Å². The second kappa shape index (κ2) is 8.85.